The average Bonchev–Trinajstić information content (AvgIpc) is 2.65. The highest BCUT2D eigenvalue weighted by Gasteiger charge is 2.19. The molecular weight excluding hydrogens is 208 g/mol. The average molecular weight is 228 g/mol. The Hall–Kier alpha value is -1.31. The molecule has 1 aliphatic rings. The van der Waals surface area contributed by atoms with Crippen molar-refractivity contribution in [2.75, 3.05) is 0 Å². The van der Waals surface area contributed by atoms with Crippen molar-refractivity contribution in [1.29, 1.82) is 0 Å². The molecule has 2 heteroatoms. The Morgan fingerprint density at radius 3 is 2.65 bits per heavy atom. The molecule has 17 heavy (non-hydrogen) atoms. The molecule has 1 aliphatic carbocycles. The first kappa shape index (κ1) is 10.8. The Morgan fingerprint density at radius 1 is 1.12 bits per heavy atom. The molecule has 2 nitrogen and oxygen atoms in total. The number of fused-ring (bicyclic) bond motifs is 1. The first-order valence-corrected chi connectivity index (χ1v) is 6.71. The zero-order valence-electron chi connectivity index (χ0n) is 10.7. The van der Waals surface area contributed by atoms with Crippen molar-refractivity contribution < 1.29 is 0 Å². The summed E-state index contributed by atoms with van der Waals surface area (Å²) in [6.45, 7) is 4.28. The Balaban J connectivity index is 2.11. The molecule has 0 bridgehead atoms. The van der Waals surface area contributed by atoms with Gasteiger partial charge in [0.05, 0.1) is 11.0 Å². The fraction of sp³-hybridized carbons (Fsp3) is 0.533. The lowest BCUT2D eigenvalue weighted by Crippen LogP contribution is -2.13. The summed E-state index contributed by atoms with van der Waals surface area (Å²) in [4.78, 5) is 4.71. The molecule has 0 spiro atoms. The fourth-order valence-corrected chi connectivity index (χ4v) is 3.13. The summed E-state index contributed by atoms with van der Waals surface area (Å²) in [5, 5.41) is 0. The molecule has 1 saturated carbocycles. The molecule has 1 aromatic heterocycles. The summed E-state index contributed by atoms with van der Waals surface area (Å²) in [6, 6.07) is 7.31. The zero-order chi connectivity index (χ0) is 11.8. The van der Waals surface area contributed by atoms with Gasteiger partial charge >= 0.3 is 0 Å². The predicted octanol–water partition coefficient (Wildman–Crippen LogP) is 4.16. The van der Waals surface area contributed by atoms with Gasteiger partial charge in [0.25, 0.3) is 0 Å². The minimum atomic E-state index is 0.677. The molecule has 90 valence electrons. The lowest BCUT2D eigenvalue weighted by atomic mass is 9.95. The SMILES string of the molecule is Cc1ccc2c(c1)nc(C)n2C1CCCCC1. The van der Waals surface area contributed by atoms with E-state index in [4.69, 9.17) is 4.98 Å². The van der Waals surface area contributed by atoms with Crippen LogP contribution >= 0.6 is 0 Å². The van der Waals surface area contributed by atoms with Crippen LogP contribution in [0.1, 0.15) is 49.5 Å². The number of rotatable bonds is 1. The topological polar surface area (TPSA) is 17.8 Å². The van der Waals surface area contributed by atoms with Gasteiger partial charge in [-0.15, -0.1) is 0 Å². The van der Waals surface area contributed by atoms with Crippen LogP contribution < -0.4 is 0 Å². The smallest absolute Gasteiger partial charge is 0.106 e. The number of nitrogens with zero attached hydrogens (tertiary/aromatic N) is 2. The van der Waals surface area contributed by atoms with Crippen molar-refractivity contribution in [1.82, 2.24) is 9.55 Å². The van der Waals surface area contributed by atoms with Gasteiger partial charge in [0.15, 0.2) is 0 Å². The van der Waals surface area contributed by atoms with E-state index in [2.05, 4.69) is 36.6 Å². The van der Waals surface area contributed by atoms with Gasteiger partial charge in [-0.3, -0.25) is 0 Å². The van der Waals surface area contributed by atoms with Gasteiger partial charge in [0.2, 0.25) is 0 Å². The van der Waals surface area contributed by atoms with Gasteiger partial charge in [-0.1, -0.05) is 25.3 Å². The first-order valence-electron chi connectivity index (χ1n) is 6.71. The van der Waals surface area contributed by atoms with E-state index < -0.39 is 0 Å². The minimum absolute atomic E-state index is 0.677. The Labute approximate surface area is 103 Å². The van der Waals surface area contributed by atoms with Crippen molar-refractivity contribution in [3.63, 3.8) is 0 Å². The predicted molar refractivity (Wildman–Crippen MR) is 71.3 cm³/mol. The second-order valence-electron chi connectivity index (χ2n) is 5.31. The second kappa shape index (κ2) is 4.17. The molecule has 0 saturated heterocycles. The van der Waals surface area contributed by atoms with Crippen molar-refractivity contribution in [3.8, 4) is 0 Å². The summed E-state index contributed by atoms with van der Waals surface area (Å²) in [5.74, 6) is 1.18. The summed E-state index contributed by atoms with van der Waals surface area (Å²) in [5.41, 5.74) is 3.78. The van der Waals surface area contributed by atoms with Gasteiger partial charge in [0, 0.05) is 6.04 Å². The lowest BCUT2D eigenvalue weighted by molar-refractivity contribution is 0.355. The molecule has 0 amide bonds. The molecule has 0 unspecified atom stereocenters. The number of hydrogen-bond acceptors (Lipinski definition) is 1. The van der Waals surface area contributed by atoms with E-state index in [1.807, 2.05) is 0 Å². The van der Waals surface area contributed by atoms with E-state index in [1.165, 1.54) is 49.0 Å². The summed E-state index contributed by atoms with van der Waals surface area (Å²) in [7, 11) is 0. The van der Waals surface area contributed by atoms with E-state index in [0.717, 1.165) is 5.52 Å². The van der Waals surface area contributed by atoms with Crippen LogP contribution in [0.25, 0.3) is 11.0 Å². The number of imidazole rings is 1. The molecule has 1 fully saturated rings. The quantitative estimate of drug-likeness (QED) is 0.716. The molecule has 3 rings (SSSR count). The molecule has 1 aromatic carbocycles. The molecule has 2 aromatic rings. The third-order valence-corrected chi connectivity index (χ3v) is 3.96. The Bertz CT molecular complexity index is 533. The molecular formula is C15H20N2. The maximum atomic E-state index is 4.71. The highest BCUT2D eigenvalue weighted by molar-refractivity contribution is 5.77. The van der Waals surface area contributed by atoms with Gasteiger partial charge in [-0.25, -0.2) is 4.98 Å². The highest BCUT2D eigenvalue weighted by atomic mass is 15.1. The summed E-state index contributed by atoms with van der Waals surface area (Å²) >= 11 is 0. The second-order valence-corrected chi connectivity index (χ2v) is 5.31. The molecule has 0 aliphatic heterocycles. The van der Waals surface area contributed by atoms with Crippen LogP contribution in [0.3, 0.4) is 0 Å². The molecule has 0 atom stereocenters. The number of benzene rings is 1. The van der Waals surface area contributed by atoms with Crippen LogP contribution in [0.2, 0.25) is 0 Å². The van der Waals surface area contributed by atoms with E-state index in [-0.39, 0.29) is 0 Å². The zero-order valence-corrected chi connectivity index (χ0v) is 10.7. The third-order valence-electron chi connectivity index (χ3n) is 3.96. The Morgan fingerprint density at radius 2 is 1.88 bits per heavy atom. The standard InChI is InChI=1S/C15H20N2/c1-11-8-9-15-14(10-11)16-12(2)17(15)13-6-4-3-5-7-13/h8-10,13H,3-7H2,1-2H3. The van der Waals surface area contributed by atoms with Crippen molar-refractivity contribution in [2.45, 2.75) is 52.0 Å². The van der Waals surface area contributed by atoms with E-state index >= 15 is 0 Å². The van der Waals surface area contributed by atoms with E-state index in [9.17, 15) is 0 Å². The van der Waals surface area contributed by atoms with Crippen LogP contribution in [-0.4, -0.2) is 9.55 Å². The molecule has 0 radical (unpaired) electrons. The van der Waals surface area contributed by atoms with Crippen LogP contribution in [-0.2, 0) is 0 Å². The monoisotopic (exact) mass is 228 g/mol. The van der Waals surface area contributed by atoms with Gasteiger partial charge < -0.3 is 4.57 Å². The maximum Gasteiger partial charge on any atom is 0.106 e. The maximum absolute atomic E-state index is 4.71. The largest absolute Gasteiger partial charge is 0.325 e. The van der Waals surface area contributed by atoms with E-state index in [1.54, 1.807) is 0 Å². The lowest BCUT2D eigenvalue weighted by Gasteiger charge is -2.24. The summed E-state index contributed by atoms with van der Waals surface area (Å²) < 4.78 is 2.47. The van der Waals surface area contributed by atoms with Crippen molar-refractivity contribution >= 4 is 11.0 Å². The molecule has 1 heterocycles. The van der Waals surface area contributed by atoms with E-state index in [0.29, 0.717) is 6.04 Å². The highest BCUT2D eigenvalue weighted by Crippen LogP contribution is 2.32. The minimum Gasteiger partial charge on any atom is -0.325 e. The van der Waals surface area contributed by atoms with Crippen LogP contribution in [0.15, 0.2) is 18.2 Å². The fourth-order valence-electron chi connectivity index (χ4n) is 3.13. The van der Waals surface area contributed by atoms with Gasteiger partial charge in [-0.2, -0.15) is 0 Å². The number of aromatic nitrogens is 2. The van der Waals surface area contributed by atoms with Gasteiger partial charge in [0.1, 0.15) is 5.82 Å². The van der Waals surface area contributed by atoms with Crippen molar-refractivity contribution in [2.24, 2.45) is 0 Å². The summed E-state index contributed by atoms with van der Waals surface area (Å²) in [6.07, 6.45) is 6.78. The van der Waals surface area contributed by atoms with Crippen LogP contribution in [0.4, 0.5) is 0 Å². The normalized spacial score (nSPS) is 17.8. The first-order chi connectivity index (χ1) is 8.25. The van der Waals surface area contributed by atoms with Gasteiger partial charge in [-0.05, 0) is 44.4 Å². The number of aryl methyl sites for hydroxylation is 2. The van der Waals surface area contributed by atoms with Crippen molar-refractivity contribution in [3.05, 3.63) is 29.6 Å². The molecule has 0 N–H and O–H groups in total. The van der Waals surface area contributed by atoms with Crippen LogP contribution in [0.5, 0.6) is 0 Å². The van der Waals surface area contributed by atoms with Crippen LogP contribution in [0, 0.1) is 13.8 Å². The third kappa shape index (κ3) is 1.86. The Kier molecular flexibility index (Phi) is 2.65. The number of hydrogen-bond donors (Lipinski definition) is 0.